The molecule has 5 heteroatoms. The molecule has 0 aliphatic rings. The van der Waals surface area contributed by atoms with Crippen molar-refractivity contribution in [1.82, 2.24) is 5.32 Å². The molecule has 0 saturated carbocycles. The van der Waals surface area contributed by atoms with Crippen molar-refractivity contribution in [2.24, 2.45) is 0 Å². The number of amides is 1. The maximum Gasteiger partial charge on any atom is 0.235 e. The number of halogens is 1. The van der Waals surface area contributed by atoms with Crippen molar-refractivity contribution in [2.75, 3.05) is 0 Å². The highest BCUT2D eigenvalue weighted by molar-refractivity contribution is 7.85. The molecule has 0 bridgehead atoms. The van der Waals surface area contributed by atoms with Gasteiger partial charge in [-0.3, -0.25) is 9.00 Å². The summed E-state index contributed by atoms with van der Waals surface area (Å²) in [6.45, 7) is 7.38. The molecular weight excluding hydrogens is 282 g/mol. The lowest BCUT2D eigenvalue weighted by Crippen LogP contribution is -2.46. The van der Waals surface area contributed by atoms with E-state index in [1.165, 1.54) is 0 Å². The van der Waals surface area contributed by atoms with Gasteiger partial charge in [-0.15, -0.1) is 0 Å². The third kappa shape index (κ3) is 5.74. The van der Waals surface area contributed by atoms with Crippen LogP contribution < -0.4 is 5.32 Å². The summed E-state index contributed by atoms with van der Waals surface area (Å²) >= 11 is 5.88. The Morgan fingerprint density at radius 1 is 1.42 bits per heavy atom. The van der Waals surface area contributed by atoms with Crippen molar-refractivity contribution in [3.8, 4) is 0 Å². The number of nitrogens with one attached hydrogen (secondary N) is 1. The summed E-state index contributed by atoms with van der Waals surface area (Å²) in [6, 6.07) is 7.21. The zero-order valence-electron chi connectivity index (χ0n) is 11.7. The second-order valence-corrected chi connectivity index (χ2v) is 7.73. The van der Waals surface area contributed by atoms with E-state index in [1.807, 2.05) is 32.9 Å². The summed E-state index contributed by atoms with van der Waals surface area (Å²) in [5.41, 5.74) is 0.562. The smallest absolute Gasteiger partial charge is 0.235 e. The number of carbonyl (C=O) groups excluding carboxylic acids is 1. The second kappa shape index (κ2) is 6.53. The first-order chi connectivity index (χ1) is 8.69. The molecule has 0 aliphatic heterocycles. The quantitative estimate of drug-likeness (QED) is 0.929. The Morgan fingerprint density at radius 2 is 2.05 bits per heavy atom. The summed E-state index contributed by atoms with van der Waals surface area (Å²) in [4.78, 5) is 11.9. The topological polar surface area (TPSA) is 46.2 Å². The fourth-order valence-electron chi connectivity index (χ4n) is 1.51. The van der Waals surface area contributed by atoms with E-state index in [9.17, 15) is 9.00 Å². The molecule has 0 aromatic heterocycles. The van der Waals surface area contributed by atoms with Crippen LogP contribution in [-0.4, -0.2) is 20.9 Å². The van der Waals surface area contributed by atoms with E-state index in [4.69, 9.17) is 11.6 Å². The van der Waals surface area contributed by atoms with E-state index in [2.05, 4.69) is 5.32 Å². The van der Waals surface area contributed by atoms with Gasteiger partial charge in [0.25, 0.3) is 0 Å². The second-order valence-electron chi connectivity index (χ2n) is 5.54. The van der Waals surface area contributed by atoms with Crippen molar-refractivity contribution >= 4 is 28.3 Å². The molecule has 1 aromatic carbocycles. The average molecular weight is 302 g/mol. The molecule has 1 amide bonds. The number of rotatable bonds is 4. The van der Waals surface area contributed by atoms with E-state index >= 15 is 0 Å². The molecule has 1 aromatic rings. The molecule has 2 atom stereocenters. The van der Waals surface area contributed by atoms with Gasteiger partial charge in [-0.25, -0.2) is 0 Å². The van der Waals surface area contributed by atoms with Gasteiger partial charge in [-0.05, 0) is 45.4 Å². The van der Waals surface area contributed by atoms with Crippen LogP contribution in [-0.2, 0) is 21.3 Å². The summed E-state index contributed by atoms with van der Waals surface area (Å²) in [5.74, 6) is 0.145. The van der Waals surface area contributed by atoms with Crippen molar-refractivity contribution in [1.29, 1.82) is 0 Å². The van der Waals surface area contributed by atoms with E-state index in [0.717, 1.165) is 5.56 Å². The summed E-state index contributed by atoms with van der Waals surface area (Å²) in [6.07, 6.45) is 0. The number of hydrogen-bond donors (Lipinski definition) is 1. The van der Waals surface area contributed by atoms with E-state index in [1.54, 1.807) is 19.1 Å². The largest absolute Gasteiger partial charge is 0.350 e. The number of carbonyl (C=O) groups is 1. The van der Waals surface area contributed by atoms with Gasteiger partial charge in [0.1, 0.15) is 5.25 Å². The van der Waals surface area contributed by atoms with Crippen LogP contribution in [0.1, 0.15) is 33.3 Å². The molecule has 106 valence electrons. The van der Waals surface area contributed by atoms with Crippen molar-refractivity contribution < 1.29 is 9.00 Å². The third-order valence-corrected chi connectivity index (χ3v) is 4.32. The Bertz CT molecular complexity index is 483. The van der Waals surface area contributed by atoms with Gasteiger partial charge >= 0.3 is 0 Å². The van der Waals surface area contributed by atoms with Crippen molar-refractivity contribution in [2.45, 2.75) is 44.2 Å². The van der Waals surface area contributed by atoms with Crippen LogP contribution in [0.4, 0.5) is 0 Å². The lowest BCUT2D eigenvalue weighted by molar-refractivity contribution is -0.121. The zero-order valence-corrected chi connectivity index (χ0v) is 13.3. The Kier molecular flexibility index (Phi) is 5.56. The molecule has 1 N–H and O–H groups in total. The molecular formula is C14H20ClNO2S. The normalized spacial score (nSPS) is 14.8. The first-order valence-corrected chi connectivity index (χ1v) is 7.89. The molecule has 0 spiro atoms. The van der Waals surface area contributed by atoms with Crippen LogP contribution in [0, 0.1) is 0 Å². The molecule has 0 saturated heterocycles. The predicted octanol–water partition coefficient (Wildman–Crippen LogP) is 2.89. The molecule has 0 heterocycles. The molecule has 19 heavy (non-hydrogen) atoms. The lowest BCUT2D eigenvalue weighted by Gasteiger charge is -2.23. The van der Waals surface area contributed by atoms with Gasteiger partial charge in [-0.2, -0.15) is 0 Å². The van der Waals surface area contributed by atoms with Crippen LogP contribution in [0.3, 0.4) is 0 Å². The highest BCUT2D eigenvalue weighted by Gasteiger charge is 2.23. The van der Waals surface area contributed by atoms with Crippen molar-refractivity contribution in [3.63, 3.8) is 0 Å². The number of benzene rings is 1. The molecule has 0 fully saturated rings. The van der Waals surface area contributed by atoms with E-state index in [0.29, 0.717) is 10.8 Å². The maximum absolute atomic E-state index is 12.2. The Hall–Kier alpha value is -0.870. The SMILES string of the molecule is C[C@@H](C(=O)NC(C)(C)C)[S@](=O)Cc1cccc(Cl)c1. The zero-order chi connectivity index (χ0) is 14.6. The molecule has 3 nitrogen and oxygen atoms in total. The standard InChI is InChI=1S/C14H20ClNO2S/c1-10(13(17)16-14(2,3)4)19(18)9-11-6-5-7-12(15)8-11/h5-8,10H,9H2,1-4H3,(H,16,17)/t10-,19+/m0/s1. The van der Waals surface area contributed by atoms with Gasteiger partial charge in [0.15, 0.2) is 0 Å². The van der Waals surface area contributed by atoms with Crippen LogP contribution in [0.5, 0.6) is 0 Å². The fraction of sp³-hybridized carbons (Fsp3) is 0.500. The predicted molar refractivity (Wildman–Crippen MR) is 80.7 cm³/mol. The maximum atomic E-state index is 12.2. The monoisotopic (exact) mass is 301 g/mol. The Balaban J connectivity index is 2.65. The van der Waals surface area contributed by atoms with Crippen LogP contribution >= 0.6 is 11.6 Å². The highest BCUT2D eigenvalue weighted by atomic mass is 35.5. The minimum atomic E-state index is -1.26. The van der Waals surface area contributed by atoms with E-state index in [-0.39, 0.29) is 11.4 Å². The van der Waals surface area contributed by atoms with Gasteiger partial charge in [-0.1, -0.05) is 23.7 Å². The average Bonchev–Trinajstić information content (AvgIpc) is 2.25. The molecule has 0 aliphatic carbocycles. The van der Waals surface area contributed by atoms with Gasteiger partial charge in [0.05, 0.1) is 0 Å². The summed E-state index contributed by atoms with van der Waals surface area (Å²) in [5, 5.41) is 2.91. The van der Waals surface area contributed by atoms with Gasteiger partial charge in [0, 0.05) is 27.1 Å². The first kappa shape index (κ1) is 16.2. The fourth-order valence-corrected chi connectivity index (χ4v) is 2.78. The van der Waals surface area contributed by atoms with Crippen LogP contribution in [0.15, 0.2) is 24.3 Å². The van der Waals surface area contributed by atoms with Crippen molar-refractivity contribution in [3.05, 3.63) is 34.9 Å². The minimum absolute atomic E-state index is 0.187. The number of hydrogen-bond acceptors (Lipinski definition) is 2. The van der Waals surface area contributed by atoms with Crippen LogP contribution in [0.25, 0.3) is 0 Å². The lowest BCUT2D eigenvalue weighted by atomic mass is 10.1. The Labute approximate surface area is 122 Å². The summed E-state index contributed by atoms with van der Waals surface area (Å²) in [7, 11) is -1.26. The highest BCUT2D eigenvalue weighted by Crippen LogP contribution is 2.14. The molecule has 0 unspecified atom stereocenters. The summed E-state index contributed by atoms with van der Waals surface area (Å²) < 4.78 is 12.2. The molecule has 1 rings (SSSR count). The molecule has 0 radical (unpaired) electrons. The van der Waals surface area contributed by atoms with Gasteiger partial charge in [0.2, 0.25) is 5.91 Å². The first-order valence-electron chi connectivity index (χ1n) is 6.13. The minimum Gasteiger partial charge on any atom is -0.350 e. The third-order valence-electron chi connectivity index (χ3n) is 2.46. The Morgan fingerprint density at radius 3 is 2.58 bits per heavy atom. The van der Waals surface area contributed by atoms with Crippen LogP contribution in [0.2, 0.25) is 5.02 Å². The van der Waals surface area contributed by atoms with Gasteiger partial charge < -0.3 is 5.32 Å². The van der Waals surface area contributed by atoms with E-state index < -0.39 is 16.0 Å².